The average Bonchev–Trinajstić information content (AvgIpc) is 2.92. The van der Waals surface area contributed by atoms with Gasteiger partial charge in [-0.2, -0.15) is 0 Å². The SMILES string of the molecule is CC(CN)C(=O)Nc1ccccc1N1CCCC1. The normalized spacial score (nSPS) is 16.7. The molecule has 1 aliphatic heterocycles. The number of benzene rings is 1. The minimum absolute atomic E-state index is 0.0100. The molecule has 1 unspecified atom stereocenters. The first kappa shape index (κ1) is 12.9. The van der Waals surface area contributed by atoms with Gasteiger partial charge < -0.3 is 16.0 Å². The highest BCUT2D eigenvalue weighted by molar-refractivity contribution is 5.95. The lowest BCUT2D eigenvalue weighted by Crippen LogP contribution is -2.28. The maximum absolute atomic E-state index is 11.9. The van der Waals surface area contributed by atoms with Gasteiger partial charge in [-0.05, 0) is 25.0 Å². The Hall–Kier alpha value is -1.55. The fourth-order valence-electron chi connectivity index (χ4n) is 2.18. The van der Waals surface area contributed by atoms with Crippen LogP contribution in [0.3, 0.4) is 0 Å². The lowest BCUT2D eigenvalue weighted by molar-refractivity contribution is -0.119. The molecule has 2 rings (SSSR count). The number of para-hydroxylation sites is 2. The molecule has 18 heavy (non-hydrogen) atoms. The first-order valence-corrected chi connectivity index (χ1v) is 6.57. The van der Waals surface area contributed by atoms with Crippen molar-refractivity contribution in [3.63, 3.8) is 0 Å². The molecule has 1 fully saturated rings. The summed E-state index contributed by atoms with van der Waals surface area (Å²) in [6.45, 7) is 4.35. The van der Waals surface area contributed by atoms with Crippen LogP contribution in [0.1, 0.15) is 19.8 Å². The highest BCUT2D eigenvalue weighted by Gasteiger charge is 2.18. The van der Waals surface area contributed by atoms with Gasteiger partial charge in [0.15, 0.2) is 0 Å². The lowest BCUT2D eigenvalue weighted by atomic mass is 10.1. The smallest absolute Gasteiger partial charge is 0.228 e. The van der Waals surface area contributed by atoms with Gasteiger partial charge in [-0.3, -0.25) is 4.79 Å². The Bertz CT molecular complexity index is 413. The molecule has 0 aliphatic carbocycles. The molecular formula is C14H21N3O. The first-order valence-electron chi connectivity index (χ1n) is 6.57. The molecule has 1 atom stereocenters. The molecule has 1 aliphatic rings. The monoisotopic (exact) mass is 247 g/mol. The number of nitrogens with zero attached hydrogens (tertiary/aromatic N) is 1. The van der Waals surface area contributed by atoms with Crippen LogP contribution in [0, 0.1) is 5.92 Å². The van der Waals surface area contributed by atoms with E-state index in [0.29, 0.717) is 6.54 Å². The number of anilines is 2. The summed E-state index contributed by atoms with van der Waals surface area (Å²) >= 11 is 0. The fraction of sp³-hybridized carbons (Fsp3) is 0.500. The molecular weight excluding hydrogens is 226 g/mol. The predicted octanol–water partition coefficient (Wildman–Crippen LogP) is 1.82. The second-order valence-corrected chi connectivity index (χ2v) is 4.84. The molecule has 0 saturated carbocycles. The van der Waals surface area contributed by atoms with Crippen molar-refractivity contribution in [3.8, 4) is 0 Å². The van der Waals surface area contributed by atoms with Gasteiger partial charge in [0.2, 0.25) is 5.91 Å². The molecule has 1 aromatic carbocycles. The third-order valence-corrected chi connectivity index (χ3v) is 3.41. The van der Waals surface area contributed by atoms with Crippen LogP contribution in [0.5, 0.6) is 0 Å². The summed E-state index contributed by atoms with van der Waals surface area (Å²) in [6.07, 6.45) is 2.45. The third-order valence-electron chi connectivity index (χ3n) is 3.41. The number of hydrogen-bond donors (Lipinski definition) is 2. The van der Waals surface area contributed by atoms with E-state index in [9.17, 15) is 4.79 Å². The minimum Gasteiger partial charge on any atom is -0.370 e. The molecule has 1 saturated heterocycles. The van der Waals surface area contributed by atoms with Crippen molar-refractivity contribution < 1.29 is 4.79 Å². The van der Waals surface area contributed by atoms with Gasteiger partial charge in [0, 0.05) is 25.6 Å². The van der Waals surface area contributed by atoms with Crippen molar-refractivity contribution >= 4 is 17.3 Å². The molecule has 0 aromatic heterocycles. The van der Waals surface area contributed by atoms with Crippen molar-refractivity contribution in [3.05, 3.63) is 24.3 Å². The number of carbonyl (C=O) groups is 1. The van der Waals surface area contributed by atoms with E-state index >= 15 is 0 Å². The Kier molecular flexibility index (Phi) is 4.20. The molecule has 1 amide bonds. The Morgan fingerprint density at radius 2 is 2.06 bits per heavy atom. The van der Waals surface area contributed by atoms with Crippen LogP contribution in [-0.4, -0.2) is 25.5 Å². The number of amides is 1. The van der Waals surface area contributed by atoms with Crippen LogP contribution in [0.25, 0.3) is 0 Å². The molecule has 4 nitrogen and oxygen atoms in total. The summed E-state index contributed by atoms with van der Waals surface area (Å²) in [4.78, 5) is 14.2. The number of rotatable bonds is 4. The van der Waals surface area contributed by atoms with E-state index in [2.05, 4.69) is 16.3 Å². The number of carbonyl (C=O) groups excluding carboxylic acids is 1. The predicted molar refractivity (Wildman–Crippen MR) is 74.7 cm³/mol. The van der Waals surface area contributed by atoms with Crippen molar-refractivity contribution in [2.24, 2.45) is 11.7 Å². The van der Waals surface area contributed by atoms with E-state index in [4.69, 9.17) is 5.73 Å². The van der Waals surface area contributed by atoms with Gasteiger partial charge in [0.25, 0.3) is 0 Å². The molecule has 98 valence electrons. The summed E-state index contributed by atoms with van der Waals surface area (Å²) in [7, 11) is 0. The molecule has 3 N–H and O–H groups in total. The van der Waals surface area contributed by atoms with Crippen LogP contribution in [0.15, 0.2) is 24.3 Å². The van der Waals surface area contributed by atoms with Crippen molar-refractivity contribution in [2.45, 2.75) is 19.8 Å². The zero-order valence-corrected chi connectivity index (χ0v) is 10.9. The molecule has 0 spiro atoms. The molecule has 1 aromatic rings. The number of hydrogen-bond acceptors (Lipinski definition) is 3. The second kappa shape index (κ2) is 5.87. The summed E-state index contributed by atoms with van der Waals surface area (Å²) in [6, 6.07) is 7.97. The highest BCUT2D eigenvalue weighted by Crippen LogP contribution is 2.28. The topological polar surface area (TPSA) is 58.4 Å². The van der Waals surface area contributed by atoms with Gasteiger partial charge in [0.1, 0.15) is 0 Å². The summed E-state index contributed by atoms with van der Waals surface area (Å²) < 4.78 is 0. The van der Waals surface area contributed by atoms with E-state index in [1.54, 1.807) is 0 Å². The van der Waals surface area contributed by atoms with Crippen molar-refractivity contribution in [1.82, 2.24) is 0 Å². The number of nitrogens with one attached hydrogen (secondary N) is 1. The largest absolute Gasteiger partial charge is 0.370 e. The zero-order valence-electron chi connectivity index (χ0n) is 10.9. The quantitative estimate of drug-likeness (QED) is 0.853. The standard InChI is InChI=1S/C14H21N3O/c1-11(10-15)14(18)16-12-6-2-3-7-13(12)17-8-4-5-9-17/h2-3,6-7,11H,4-5,8-10,15H2,1H3,(H,16,18). The van der Waals surface area contributed by atoms with Crippen molar-refractivity contribution in [1.29, 1.82) is 0 Å². The first-order chi connectivity index (χ1) is 8.72. The van der Waals surface area contributed by atoms with E-state index in [1.807, 2.05) is 25.1 Å². The van der Waals surface area contributed by atoms with Gasteiger partial charge in [-0.25, -0.2) is 0 Å². The van der Waals surface area contributed by atoms with Gasteiger partial charge in [-0.1, -0.05) is 19.1 Å². The van der Waals surface area contributed by atoms with Crippen molar-refractivity contribution in [2.75, 3.05) is 29.9 Å². The fourth-order valence-corrected chi connectivity index (χ4v) is 2.18. The van der Waals surface area contributed by atoms with Crippen LogP contribution < -0.4 is 16.0 Å². The number of nitrogens with two attached hydrogens (primary N) is 1. The van der Waals surface area contributed by atoms with Crippen LogP contribution in [-0.2, 0) is 4.79 Å². The van der Waals surface area contributed by atoms with Crippen LogP contribution in [0.4, 0.5) is 11.4 Å². The molecule has 0 radical (unpaired) electrons. The Morgan fingerprint density at radius 1 is 1.39 bits per heavy atom. The third kappa shape index (κ3) is 2.82. The molecule has 0 bridgehead atoms. The van der Waals surface area contributed by atoms with Gasteiger partial charge >= 0.3 is 0 Å². The molecule has 4 heteroatoms. The Morgan fingerprint density at radius 3 is 2.72 bits per heavy atom. The minimum atomic E-state index is -0.156. The zero-order chi connectivity index (χ0) is 13.0. The highest BCUT2D eigenvalue weighted by atomic mass is 16.1. The van der Waals surface area contributed by atoms with Gasteiger partial charge in [-0.15, -0.1) is 0 Å². The van der Waals surface area contributed by atoms with E-state index < -0.39 is 0 Å². The van der Waals surface area contributed by atoms with Crippen LogP contribution >= 0.6 is 0 Å². The Balaban J connectivity index is 2.14. The summed E-state index contributed by atoms with van der Waals surface area (Å²) in [5.74, 6) is -0.166. The Labute approximate surface area is 108 Å². The van der Waals surface area contributed by atoms with E-state index in [0.717, 1.165) is 24.5 Å². The lowest BCUT2D eigenvalue weighted by Gasteiger charge is -2.22. The van der Waals surface area contributed by atoms with Gasteiger partial charge in [0.05, 0.1) is 11.4 Å². The van der Waals surface area contributed by atoms with E-state index in [1.165, 1.54) is 12.8 Å². The maximum Gasteiger partial charge on any atom is 0.228 e. The summed E-state index contributed by atoms with van der Waals surface area (Å²) in [5, 5.41) is 2.98. The average molecular weight is 247 g/mol. The van der Waals surface area contributed by atoms with E-state index in [-0.39, 0.29) is 11.8 Å². The second-order valence-electron chi connectivity index (χ2n) is 4.84. The maximum atomic E-state index is 11.9. The van der Waals surface area contributed by atoms with Crippen LogP contribution in [0.2, 0.25) is 0 Å². The summed E-state index contributed by atoms with van der Waals surface area (Å²) in [5.41, 5.74) is 7.53. The molecule has 1 heterocycles.